The van der Waals surface area contributed by atoms with Crippen LogP contribution in [0.15, 0.2) is 65.7 Å². The maximum atomic E-state index is 11.4. The molecule has 8 heteroatoms. The van der Waals surface area contributed by atoms with Crippen LogP contribution in [-0.2, 0) is 9.47 Å². The largest absolute Gasteiger partial charge is 0.497 e. The molecule has 0 aliphatic rings. The molecule has 3 rings (SSSR count). The van der Waals surface area contributed by atoms with Crippen molar-refractivity contribution in [3.63, 3.8) is 0 Å². The summed E-state index contributed by atoms with van der Waals surface area (Å²) in [5.74, 6) is 0.0208. The molecule has 0 spiro atoms. The van der Waals surface area contributed by atoms with E-state index in [1.54, 1.807) is 31.6 Å². The van der Waals surface area contributed by atoms with Crippen molar-refractivity contribution in [2.24, 2.45) is 0 Å². The van der Waals surface area contributed by atoms with E-state index >= 15 is 0 Å². The van der Waals surface area contributed by atoms with Gasteiger partial charge in [0.1, 0.15) is 5.75 Å². The highest BCUT2D eigenvalue weighted by atomic mass is 79.9. The standard InChI is InChI=1S/C14H13NO3.C7H6BrNO2/c1-17-13-5-3-10(4-6-13)11-7-12(9-15-8-11)14(16)18-2;1-11-7(10)5-2-6(8)4-9-3-5/h3-9H,1-2H3;2-4H,1H3. The number of carbonyl (C=O) groups is 2. The van der Waals surface area contributed by atoms with Gasteiger partial charge in [-0.3, -0.25) is 9.97 Å². The molecule has 0 unspecified atom stereocenters. The number of benzene rings is 1. The molecule has 2 heterocycles. The lowest BCUT2D eigenvalue weighted by atomic mass is 10.1. The molecule has 150 valence electrons. The van der Waals surface area contributed by atoms with Gasteiger partial charge in [0.05, 0.1) is 32.5 Å². The topological polar surface area (TPSA) is 87.6 Å². The Bertz CT molecular complexity index is 977. The second kappa shape index (κ2) is 10.9. The number of rotatable bonds is 4. The molecular formula is C21H19BrN2O5. The van der Waals surface area contributed by atoms with E-state index in [4.69, 9.17) is 4.74 Å². The summed E-state index contributed by atoms with van der Waals surface area (Å²) in [6.45, 7) is 0. The number of hydrogen-bond donors (Lipinski definition) is 0. The van der Waals surface area contributed by atoms with E-state index in [1.165, 1.54) is 26.6 Å². The van der Waals surface area contributed by atoms with Crippen LogP contribution in [-0.4, -0.2) is 43.2 Å². The van der Waals surface area contributed by atoms with Crippen molar-refractivity contribution in [3.8, 4) is 16.9 Å². The van der Waals surface area contributed by atoms with Gasteiger partial charge in [0.2, 0.25) is 0 Å². The highest BCUT2D eigenvalue weighted by Gasteiger charge is 2.07. The van der Waals surface area contributed by atoms with Gasteiger partial charge in [0, 0.05) is 34.8 Å². The smallest absolute Gasteiger partial charge is 0.339 e. The number of methoxy groups -OCH3 is 3. The zero-order valence-electron chi connectivity index (χ0n) is 16.1. The van der Waals surface area contributed by atoms with E-state index in [2.05, 4.69) is 35.4 Å². The first-order valence-electron chi connectivity index (χ1n) is 8.35. The molecule has 0 bridgehead atoms. The summed E-state index contributed by atoms with van der Waals surface area (Å²) in [5.41, 5.74) is 2.71. The van der Waals surface area contributed by atoms with Crippen molar-refractivity contribution in [3.05, 3.63) is 76.8 Å². The SMILES string of the molecule is COC(=O)c1cncc(-c2ccc(OC)cc2)c1.COC(=O)c1cncc(Br)c1. The molecule has 0 saturated heterocycles. The normalized spacial score (nSPS) is 9.66. The van der Waals surface area contributed by atoms with Crippen LogP contribution in [0.5, 0.6) is 5.75 Å². The van der Waals surface area contributed by atoms with E-state index < -0.39 is 5.97 Å². The molecule has 0 aliphatic carbocycles. The fraction of sp³-hybridized carbons (Fsp3) is 0.143. The van der Waals surface area contributed by atoms with Crippen molar-refractivity contribution in [2.75, 3.05) is 21.3 Å². The van der Waals surface area contributed by atoms with Crippen LogP contribution < -0.4 is 4.74 Å². The van der Waals surface area contributed by atoms with Gasteiger partial charge in [-0.25, -0.2) is 9.59 Å². The van der Waals surface area contributed by atoms with Gasteiger partial charge in [-0.2, -0.15) is 0 Å². The van der Waals surface area contributed by atoms with Crippen LogP contribution in [0.4, 0.5) is 0 Å². The number of nitrogens with zero attached hydrogens (tertiary/aromatic N) is 2. The first-order valence-corrected chi connectivity index (χ1v) is 9.14. The van der Waals surface area contributed by atoms with Crippen LogP contribution in [0.1, 0.15) is 20.7 Å². The van der Waals surface area contributed by atoms with E-state index in [-0.39, 0.29) is 5.97 Å². The third-order valence-corrected chi connectivity index (χ3v) is 4.14. The lowest BCUT2D eigenvalue weighted by Crippen LogP contribution is -2.01. The van der Waals surface area contributed by atoms with E-state index in [9.17, 15) is 9.59 Å². The van der Waals surface area contributed by atoms with Gasteiger partial charge in [-0.1, -0.05) is 12.1 Å². The number of esters is 2. The lowest BCUT2D eigenvalue weighted by molar-refractivity contribution is 0.0591. The fourth-order valence-corrected chi connectivity index (χ4v) is 2.62. The number of hydrogen-bond acceptors (Lipinski definition) is 7. The zero-order valence-corrected chi connectivity index (χ0v) is 17.7. The summed E-state index contributed by atoms with van der Waals surface area (Å²) in [4.78, 5) is 30.1. The average molecular weight is 459 g/mol. The molecule has 0 N–H and O–H groups in total. The third kappa shape index (κ3) is 6.39. The second-order valence-electron chi connectivity index (χ2n) is 5.57. The molecular weight excluding hydrogens is 440 g/mol. The minimum absolute atomic E-state index is 0.376. The molecule has 2 aromatic heterocycles. The van der Waals surface area contributed by atoms with Gasteiger partial charge in [-0.05, 0) is 45.8 Å². The monoisotopic (exact) mass is 458 g/mol. The Morgan fingerprint density at radius 3 is 1.83 bits per heavy atom. The van der Waals surface area contributed by atoms with Gasteiger partial charge in [-0.15, -0.1) is 0 Å². The number of halogens is 1. The van der Waals surface area contributed by atoms with Crippen LogP contribution in [0.25, 0.3) is 11.1 Å². The Balaban J connectivity index is 0.000000234. The van der Waals surface area contributed by atoms with Crippen molar-refractivity contribution >= 4 is 27.9 Å². The minimum atomic E-state index is -0.391. The summed E-state index contributed by atoms with van der Waals surface area (Å²) < 4.78 is 15.0. The number of aromatic nitrogens is 2. The fourth-order valence-electron chi connectivity index (χ4n) is 2.25. The van der Waals surface area contributed by atoms with Crippen molar-refractivity contribution in [1.29, 1.82) is 0 Å². The molecule has 0 saturated carbocycles. The lowest BCUT2D eigenvalue weighted by Gasteiger charge is -2.05. The van der Waals surface area contributed by atoms with Gasteiger partial charge < -0.3 is 14.2 Å². The Hall–Kier alpha value is -3.26. The molecule has 0 fully saturated rings. The molecule has 1 aromatic carbocycles. The Morgan fingerprint density at radius 2 is 1.31 bits per heavy atom. The Kier molecular flexibility index (Phi) is 8.29. The Labute approximate surface area is 176 Å². The molecule has 29 heavy (non-hydrogen) atoms. The van der Waals surface area contributed by atoms with Crippen LogP contribution >= 0.6 is 15.9 Å². The van der Waals surface area contributed by atoms with Gasteiger partial charge >= 0.3 is 11.9 Å². The quantitative estimate of drug-likeness (QED) is 0.541. The third-order valence-electron chi connectivity index (χ3n) is 3.71. The average Bonchev–Trinajstić information content (AvgIpc) is 2.78. The summed E-state index contributed by atoms with van der Waals surface area (Å²) in [5, 5.41) is 0. The number of pyridine rings is 2. The highest BCUT2D eigenvalue weighted by Crippen LogP contribution is 2.22. The molecule has 0 radical (unpaired) electrons. The first-order chi connectivity index (χ1) is 14.0. The number of carbonyl (C=O) groups excluding carboxylic acids is 2. The summed E-state index contributed by atoms with van der Waals surface area (Å²) in [7, 11) is 4.31. The summed E-state index contributed by atoms with van der Waals surface area (Å²) >= 11 is 3.19. The predicted molar refractivity (Wildman–Crippen MR) is 111 cm³/mol. The van der Waals surface area contributed by atoms with Crippen molar-refractivity contribution in [1.82, 2.24) is 9.97 Å². The Morgan fingerprint density at radius 1 is 0.759 bits per heavy atom. The number of ether oxygens (including phenoxy) is 3. The first kappa shape index (κ1) is 22.0. The predicted octanol–water partition coefficient (Wildman–Crippen LogP) is 4.17. The van der Waals surface area contributed by atoms with Crippen LogP contribution in [0.3, 0.4) is 0 Å². The molecule has 0 amide bonds. The summed E-state index contributed by atoms with van der Waals surface area (Å²) in [6.07, 6.45) is 6.25. The van der Waals surface area contributed by atoms with Crippen LogP contribution in [0.2, 0.25) is 0 Å². The minimum Gasteiger partial charge on any atom is -0.497 e. The molecule has 3 aromatic rings. The maximum Gasteiger partial charge on any atom is 0.339 e. The van der Waals surface area contributed by atoms with Crippen molar-refractivity contribution < 1.29 is 23.8 Å². The highest BCUT2D eigenvalue weighted by molar-refractivity contribution is 9.10. The van der Waals surface area contributed by atoms with E-state index in [0.29, 0.717) is 11.1 Å². The maximum absolute atomic E-state index is 11.4. The van der Waals surface area contributed by atoms with E-state index in [1.807, 2.05) is 24.3 Å². The molecule has 0 atom stereocenters. The van der Waals surface area contributed by atoms with Crippen LogP contribution in [0, 0.1) is 0 Å². The zero-order chi connectivity index (χ0) is 21.2. The van der Waals surface area contributed by atoms with E-state index in [0.717, 1.165) is 21.3 Å². The molecule has 0 aliphatic heterocycles. The van der Waals surface area contributed by atoms with Crippen molar-refractivity contribution in [2.45, 2.75) is 0 Å². The van der Waals surface area contributed by atoms with Gasteiger partial charge in [0.15, 0.2) is 0 Å². The second-order valence-corrected chi connectivity index (χ2v) is 6.48. The summed E-state index contributed by atoms with van der Waals surface area (Å²) in [6, 6.07) is 11.0. The van der Waals surface area contributed by atoms with Gasteiger partial charge in [0.25, 0.3) is 0 Å². The molecule has 7 nitrogen and oxygen atoms in total.